The highest BCUT2D eigenvalue weighted by Gasteiger charge is 2.27. The summed E-state index contributed by atoms with van der Waals surface area (Å²) in [6.45, 7) is 6.81. The molecular formula is C76H139N2O7P. The van der Waals surface area contributed by atoms with E-state index in [1.54, 1.807) is 0 Å². The Morgan fingerprint density at radius 1 is 0.407 bits per heavy atom. The number of amides is 1. The van der Waals surface area contributed by atoms with Crippen molar-refractivity contribution in [1.82, 2.24) is 5.32 Å². The molecule has 0 saturated heterocycles. The van der Waals surface area contributed by atoms with Gasteiger partial charge >= 0.3 is 5.97 Å². The quantitative estimate of drug-likeness (QED) is 0.0212. The number of phosphoric acid groups is 1. The predicted octanol–water partition coefficient (Wildman–Crippen LogP) is 22.7. The monoisotopic (exact) mass is 1220 g/mol. The molecule has 0 fully saturated rings. The number of allylic oxidation sites excluding steroid dienone is 13. The Morgan fingerprint density at radius 2 is 0.709 bits per heavy atom. The number of nitrogens with one attached hydrogen (secondary N) is 1. The third kappa shape index (κ3) is 65.6. The molecule has 3 unspecified atom stereocenters. The number of carbonyl (C=O) groups excluding carboxylic acids is 2. The van der Waals surface area contributed by atoms with Gasteiger partial charge in [0.2, 0.25) is 5.91 Å². The minimum atomic E-state index is -4.71. The maximum absolute atomic E-state index is 13.6. The predicted molar refractivity (Wildman–Crippen MR) is 371 cm³/mol. The van der Waals surface area contributed by atoms with Gasteiger partial charge in [0.1, 0.15) is 19.3 Å². The molecule has 0 aliphatic rings. The highest BCUT2D eigenvalue weighted by molar-refractivity contribution is 7.45. The Kier molecular flexibility index (Phi) is 63.0. The molecule has 0 aliphatic heterocycles. The summed E-state index contributed by atoms with van der Waals surface area (Å²) in [7, 11) is 1.18. The number of esters is 1. The van der Waals surface area contributed by atoms with Gasteiger partial charge in [-0.3, -0.25) is 14.2 Å². The summed E-state index contributed by atoms with van der Waals surface area (Å²) in [6, 6.07) is -0.897. The van der Waals surface area contributed by atoms with Gasteiger partial charge < -0.3 is 28.5 Å². The average Bonchev–Trinajstić information content (AvgIpc) is 3.65. The first-order valence-electron chi connectivity index (χ1n) is 36.4. The Balaban J connectivity index is 5.03. The summed E-state index contributed by atoms with van der Waals surface area (Å²) in [4.78, 5) is 40.2. The molecule has 0 spiro atoms. The van der Waals surface area contributed by atoms with Crippen molar-refractivity contribution in [3.05, 3.63) is 85.1 Å². The van der Waals surface area contributed by atoms with E-state index in [9.17, 15) is 19.0 Å². The number of unbranched alkanes of at least 4 members (excludes halogenated alkanes) is 38. The van der Waals surface area contributed by atoms with E-state index < -0.39 is 26.6 Å². The molecule has 0 saturated carbocycles. The second-order valence-electron chi connectivity index (χ2n) is 25.7. The van der Waals surface area contributed by atoms with Crippen molar-refractivity contribution in [2.45, 2.75) is 348 Å². The molecule has 0 rings (SSSR count). The minimum absolute atomic E-state index is 0.0259. The first-order valence-corrected chi connectivity index (χ1v) is 37.9. The first-order chi connectivity index (χ1) is 41.9. The van der Waals surface area contributed by atoms with Gasteiger partial charge in [-0.2, -0.15) is 0 Å². The second kappa shape index (κ2) is 65.2. The molecule has 1 N–H and O–H groups in total. The van der Waals surface area contributed by atoms with Crippen molar-refractivity contribution in [3.8, 4) is 0 Å². The largest absolute Gasteiger partial charge is 0.756 e. The summed E-state index contributed by atoms with van der Waals surface area (Å²) in [5.41, 5.74) is 0. The molecule has 0 radical (unpaired) electrons. The first kappa shape index (κ1) is 83.2. The molecule has 0 aliphatic carbocycles. The van der Waals surface area contributed by atoms with E-state index >= 15 is 0 Å². The van der Waals surface area contributed by atoms with Gasteiger partial charge in [0.15, 0.2) is 0 Å². The summed E-state index contributed by atoms with van der Waals surface area (Å²) >= 11 is 0. The molecule has 0 aromatic heterocycles. The van der Waals surface area contributed by atoms with Crippen molar-refractivity contribution < 1.29 is 37.3 Å². The van der Waals surface area contributed by atoms with Crippen LogP contribution in [0, 0.1) is 0 Å². The number of likely N-dealkylation sites (N-methyl/N-ethyl adjacent to an activating group) is 1. The van der Waals surface area contributed by atoms with Crippen LogP contribution in [0.5, 0.6) is 0 Å². The van der Waals surface area contributed by atoms with E-state index in [2.05, 4.69) is 99.0 Å². The van der Waals surface area contributed by atoms with E-state index in [1.807, 2.05) is 33.3 Å². The van der Waals surface area contributed by atoms with Crippen molar-refractivity contribution in [2.24, 2.45) is 0 Å². The number of phosphoric ester groups is 1. The Morgan fingerprint density at radius 3 is 1.08 bits per heavy atom. The number of hydrogen-bond acceptors (Lipinski definition) is 7. The van der Waals surface area contributed by atoms with Crippen molar-refractivity contribution in [1.29, 1.82) is 0 Å². The van der Waals surface area contributed by atoms with Gasteiger partial charge in [-0.15, -0.1) is 0 Å². The average molecular weight is 1220 g/mol. The SMILES string of the molecule is CCCCC/C=C\C/C=C\C/C=C\CCCCCCCCCCCCCCCCC(=O)OC(/C=C\CCCCCCCCCCCC)C(COP(=O)([O-])OCC[N+](C)(C)C)NC(=O)CCCCCCCCCC/C=C\C/C=C\C/C=C\CCCCC. The van der Waals surface area contributed by atoms with Gasteiger partial charge in [0.25, 0.3) is 7.82 Å². The van der Waals surface area contributed by atoms with Crippen LogP contribution in [0.2, 0.25) is 0 Å². The zero-order chi connectivity index (χ0) is 62.8. The Hall–Kier alpha value is -2.81. The molecule has 9 nitrogen and oxygen atoms in total. The normalized spacial score (nSPS) is 14.0. The van der Waals surface area contributed by atoms with Crippen LogP contribution >= 0.6 is 7.82 Å². The zero-order valence-electron chi connectivity index (χ0n) is 57.3. The highest BCUT2D eigenvalue weighted by atomic mass is 31.2. The molecule has 0 bridgehead atoms. The third-order valence-corrected chi connectivity index (χ3v) is 17.0. The Bertz CT molecular complexity index is 1750. The lowest BCUT2D eigenvalue weighted by molar-refractivity contribution is -0.870. The molecular weight excluding hydrogens is 1080 g/mol. The fraction of sp³-hybridized carbons (Fsp3) is 0.789. The van der Waals surface area contributed by atoms with Gasteiger partial charge in [-0.1, -0.05) is 299 Å². The van der Waals surface area contributed by atoms with Crippen molar-refractivity contribution in [3.63, 3.8) is 0 Å². The summed E-state index contributed by atoms with van der Waals surface area (Å²) in [5, 5.41) is 3.04. The molecule has 0 aromatic carbocycles. The fourth-order valence-corrected chi connectivity index (χ4v) is 11.1. The topological polar surface area (TPSA) is 114 Å². The number of nitrogens with zero attached hydrogens (tertiary/aromatic N) is 1. The molecule has 500 valence electrons. The lowest BCUT2D eigenvalue weighted by Crippen LogP contribution is -2.47. The summed E-state index contributed by atoms with van der Waals surface area (Å²) in [5.74, 6) is -0.542. The van der Waals surface area contributed by atoms with Crippen LogP contribution < -0.4 is 10.2 Å². The van der Waals surface area contributed by atoms with Crippen LogP contribution in [-0.4, -0.2) is 69.4 Å². The van der Waals surface area contributed by atoms with Crippen LogP contribution in [0.15, 0.2) is 85.1 Å². The number of hydrogen-bond donors (Lipinski definition) is 1. The minimum Gasteiger partial charge on any atom is -0.756 e. The summed E-state index contributed by atoms with van der Waals surface area (Å²) in [6.07, 6.45) is 87.0. The number of quaternary nitrogens is 1. The van der Waals surface area contributed by atoms with Gasteiger partial charge in [0.05, 0.1) is 33.8 Å². The highest BCUT2D eigenvalue weighted by Crippen LogP contribution is 2.38. The van der Waals surface area contributed by atoms with E-state index in [-0.39, 0.29) is 24.9 Å². The van der Waals surface area contributed by atoms with E-state index in [0.717, 1.165) is 96.3 Å². The lowest BCUT2D eigenvalue weighted by atomic mass is 10.0. The van der Waals surface area contributed by atoms with Crippen molar-refractivity contribution >= 4 is 19.7 Å². The molecule has 0 aromatic rings. The molecule has 3 atom stereocenters. The second-order valence-corrected chi connectivity index (χ2v) is 27.1. The van der Waals surface area contributed by atoms with E-state index in [4.69, 9.17) is 13.8 Å². The van der Waals surface area contributed by atoms with E-state index in [0.29, 0.717) is 17.4 Å². The summed E-state index contributed by atoms with van der Waals surface area (Å²) < 4.78 is 30.5. The van der Waals surface area contributed by atoms with E-state index in [1.165, 1.54) is 205 Å². The fourth-order valence-electron chi connectivity index (χ4n) is 10.4. The smallest absolute Gasteiger partial charge is 0.306 e. The van der Waals surface area contributed by atoms with Gasteiger partial charge in [-0.05, 0) is 109 Å². The van der Waals surface area contributed by atoms with Crippen LogP contribution in [0.3, 0.4) is 0 Å². The van der Waals surface area contributed by atoms with Gasteiger partial charge in [0, 0.05) is 12.8 Å². The lowest BCUT2D eigenvalue weighted by Gasteiger charge is -2.30. The third-order valence-electron chi connectivity index (χ3n) is 16.0. The number of rotatable bonds is 66. The van der Waals surface area contributed by atoms with Crippen LogP contribution in [0.1, 0.15) is 335 Å². The van der Waals surface area contributed by atoms with Crippen molar-refractivity contribution in [2.75, 3.05) is 40.9 Å². The number of carbonyl (C=O) groups is 2. The standard InChI is InChI=1S/C76H139N2O7P/c1-7-10-13-16-19-22-25-28-30-32-34-36-37-38-39-40-41-43-45-47-49-51-54-57-60-63-66-69-76(80)85-74(67-64-61-58-55-52-27-24-21-18-15-12-9-3)73(72-84-86(81,82)83-71-70-78(4,5)6)77-75(79)68-65-62-59-56-53-50-48-46-44-42-35-33-31-29-26-23-20-17-14-11-8-2/h19-20,22-23,28-31,34-36,42,64,67,73-74H,7-18,21,24-27,32-33,37-41,43-63,65-66,68-72H2,1-6H3,(H-,77,79,81,82)/b22-19-,23-20-,30-28-,31-29-,36-34-,42-35-,67-64-. The molecule has 10 heteroatoms. The zero-order valence-corrected chi connectivity index (χ0v) is 58.2. The maximum atomic E-state index is 13.6. The van der Waals surface area contributed by atoms with Crippen LogP contribution in [0.25, 0.3) is 0 Å². The molecule has 0 heterocycles. The van der Waals surface area contributed by atoms with Crippen LogP contribution in [-0.2, 0) is 27.9 Å². The number of ether oxygens (including phenoxy) is 1. The van der Waals surface area contributed by atoms with Gasteiger partial charge in [-0.25, -0.2) is 0 Å². The molecule has 1 amide bonds. The Labute approximate surface area is 533 Å². The van der Waals surface area contributed by atoms with Crippen LogP contribution in [0.4, 0.5) is 0 Å². The maximum Gasteiger partial charge on any atom is 0.306 e. The molecule has 86 heavy (non-hydrogen) atoms.